The number of nitrogens with one attached hydrogen (secondary N) is 2. The number of guanidine groups is 1. The Morgan fingerprint density at radius 1 is 1.23 bits per heavy atom. The summed E-state index contributed by atoms with van der Waals surface area (Å²) in [5.74, 6) is 1.91. The summed E-state index contributed by atoms with van der Waals surface area (Å²) in [5.41, 5.74) is 1.30. The molecule has 22 heavy (non-hydrogen) atoms. The summed E-state index contributed by atoms with van der Waals surface area (Å²) in [7, 11) is 0. The van der Waals surface area contributed by atoms with Gasteiger partial charge in [0.05, 0.1) is 6.61 Å². The molecule has 0 saturated heterocycles. The van der Waals surface area contributed by atoms with Crippen LogP contribution in [0.5, 0.6) is 5.75 Å². The van der Waals surface area contributed by atoms with Crippen LogP contribution in [0.4, 0.5) is 0 Å². The summed E-state index contributed by atoms with van der Waals surface area (Å²) in [6.07, 6.45) is 5.76. The Kier molecular flexibility index (Phi) is 7.07. The first-order valence-corrected chi connectivity index (χ1v) is 8.58. The maximum atomic E-state index is 5.68. The van der Waals surface area contributed by atoms with Crippen molar-refractivity contribution < 1.29 is 4.74 Å². The molecular formula is C18H29N3O. The van der Waals surface area contributed by atoms with Gasteiger partial charge in [-0.05, 0) is 50.3 Å². The van der Waals surface area contributed by atoms with E-state index in [-0.39, 0.29) is 0 Å². The summed E-state index contributed by atoms with van der Waals surface area (Å²) in [4.78, 5) is 4.64. The third kappa shape index (κ3) is 6.37. The van der Waals surface area contributed by atoms with Gasteiger partial charge in [0, 0.05) is 19.1 Å². The van der Waals surface area contributed by atoms with Crippen LogP contribution in [0.25, 0.3) is 0 Å². The zero-order valence-electron chi connectivity index (χ0n) is 13.9. The molecule has 4 heteroatoms. The summed E-state index contributed by atoms with van der Waals surface area (Å²) in [6, 6.07) is 9.03. The number of hydrogen-bond donors (Lipinski definition) is 2. The Morgan fingerprint density at radius 3 is 2.64 bits per heavy atom. The van der Waals surface area contributed by atoms with Crippen LogP contribution < -0.4 is 15.4 Å². The number of aliphatic imine (C=N–C) groups is 1. The molecule has 0 radical (unpaired) electrons. The topological polar surface area (TPSA) is 45.6 Å². The lowest BCUT2D eigenvalue weighted by molar-refractivity contribution is 0.309. The van der Waals surface area contributed by atoms with Gasteiger partial charge in [0.1, 0.15) is 5.75 Å². The summed E-state index contributed by atoms with van der Waals surface area (Å²) in [5, 5.41) is 6.73. The zero-order chi connectivity index (χ0) is 15.6. The normalized spacial score (nSPS) is 14.7. The lowest BCUT2D eigenvalue weighted by Gasteiger charge is -2.10. The summed E-state index contributed by atoms with van der Waals surface area (Å²) in [6.45, 7) is 6.79. The van der Waals surface area contributed by atoms with Gasteiger partial charge >= 0.3 is 0 Å². The first-order valence-electron chi connectivity index (χ1n) is 8.58. The fourth-order valence-corrected chi connectivity index (χ4v) is 2.12. The van der Waals surface area contributed by atoms with Crippen LogP contribution in [-0.2, 0) is 6.42 Å². The number of nitrogens with zero attached hydrogens (tertiary/aromatic N) is 1. The van der Waals surface area contributed by atoms with Gasteiger partial charge in [-0.25, -0.2) is 0 Å². The molecule has 0 spiro atoms. The van der Waals surface area contributed by atoms with Gasteiger partial charge in [-0.15, -0.1) is 0 Å². The van der Waals surface area contributed by atoms with Crippen LogP contribution >= 0.6 is 0 Å². The second-order valence-electron chi connectivity index (χ2n) is 5.78. The third-order valence-corrected chi connectivity index (χ3v) is 3.62. The van der Waals surface area contributed by atoms with E-state index >= 15 is 0 Å². The van der Waals surface area contributed by atoms with E-state index in [9.17, 15) is 0 Å². The highest BCUT2D eigenvalue weighted by Crippen LogP contribution is 2.18. The van der Waals surface area contributed by atoms with Crippen molar-refractivity contribution in [1.82, 2.24) is 10.6 Å². The molecule has 0 aliphatic heterocycles. The Balaban J connectivity index is 1.74. The first-order chi connectivity index (χ1) is 10.8. The van der Waals surface area contributed by atoms with E-state index in [0.29, 0.717) is 6.04 Å². The van der Waals surface area contributed by atoms with E-state index in [1.165, 1.54) is 24.8 Å². The lowest BCUT2D eigenvalue weighted by Crippen LogP contribution is -2.38. The molecule has 1 aliphatic rings. The highest BCUT2D eigenvalue weighted by atomic mass is 16.5. The molecule has 0 amide bonds. The van der Waals surface area contributed by atoms with Gasteiger partial charge in [-0.3, -0.25) is 4.99 Å². The fourth-order valence-electron chi connectivity index (χ4n) is 2.12. The average Bonchev–Trinajstić information content (AvgIpc) is 3.33. The second kappa shape index (κ2) is 9.34. The van der Waals surface area contributed by atoms with Crippen LogP contribution in [0, 0.1) is 0 Å². The Morgan fingerprint density at radius 2 is 2.00 bits per heavy atom. The van der Waals surface area contributed by atoms with Crippen LogP contribution in [-0.4, -0.2) is 31.7 Å². The first kappa shape index (κ1) is 16.7. The van der Waals surface area contributed by atoms with Crippen molar-refractivity contribution >= 4 is 5.96 Å². The molecule has 1 aromatic rings. The average molecular weight is 303 g/mol. The maximum absolute atomic E-state index is 5.68. The summed E-state index contributed by atoms with van der Waals surface area (Å²) >= 11 is 0. The van der Waals surface area contributed by atoms with E-state index in [1.807, 2.05) is 0 Å². The predicted octanol–water partition coefficient (Wildman–Crippen LogP) is 3.13. The number of unbranched alkanes of at least 4 members (excludes halogenated alkanes) is 1. The Hall–Kier alpha value is -1.71. The molecule has 0 aromatic heterocycles. The smallest absolute Gasteiger partial charge is 0.191 e. The molecular weight excluding hydrogens is 274 g/mol. The fraction of sp³-hybridized carbons (Fsp3) is 0.611. The number of hydrogen-bond acceptors (Lipinski definition) is 2. The second-order valence-corrected chi connectivity index (χ2v) is 5.78. The van der Waals surface area contributed by atoms with Gasteiger partial charge in [-0.2, -0.15) is 0 Å². The molecule has 2 N–H and O–H groups in total. The molecule has 1 saturated carbocycles. The predicted molar refractivity (Wildman–Crippen MR) is 92.7 cm³/mol. The van der Waals surface area contributed by atoms with Crippen molar-refractivity contribution in [2.24, 2.45) is 4.99 Å². The SMILES string of the molecule is CCCCOc1ccc(CCN=C(NCC)NC2CC2)cc1. The largest absolute Gasteiger partial charge is 0.494 e. The molecule has 1 fully saturated rings. The molecule has 0 atom stereocenters. The molecule has 0 heterocycles. The minimum atomic E-state index is 0.636. The maximum Gasteiger partial charge on any atom is 0.191 e. The minimum Gasteiger partial charge on any atom is -0.494 e. The standard InChI is InChI=1S/C18H29N3O/c1-3-5-14-22-17-10-6-15(7-11-17)12-13-20-18(19-4-2)21-16-8-9-16/h6-7,10-11,16H,3-5,8-9,12-14H2,1-2H3,(H2,19,20,21). The van der Waals surface area contributed by atoms with Crippen molar-refractivity contribution in [3.8, 4) is 5.75 Å². The number of benzene rings is 1. The molecule has 1 aromatic carbocycles. The van der Waals surface area contributed by atoms with Gasteiger partial charge in [0.15, 0.2) is 5.96 Å². The van der Waals surface area contributed by atoms with Crippen molar-refractivity contribution in [3.63, 3.8) is 0 Å². The van der Waals surface area contributed by atoms with Crippen molar-refractivity contribution in [2.45, 2.75) is 52.0 Å². The van der Waals surface area contributed by atoms with Crippen LogP contribution in [0.1, 0.15) is 45.1 Å². The third-order valence-electron chi connectivity index (χ3n) is 3.62. The zero-order valence-corrected chi connectivity index (χ0v) is 13.9. The molecule has 0 bridgehead atoms. The minimum absolute atomic E-state index is 0.636. The Bertz CT molecular complexity index is 452. The van der Waals surface area contributed by atoms with E-state index in [2.05, 4.69) is 53.7 Å². The highest BCUT2D eigenvalue weighted by Gasteiger charge is 2.21. The Labute approximate surface area is 134 Å². The van der Waals surface area contributed by atoms with Gasteiger partial charge < -0.3 is 15.4 Å². The van der Waals surface area contributed by atoms with E-state index in [0.717, 1.165) is 44.2 Å². The molecule has 4 nitrogen and oxygen atoms in total. The number of ether oxygens (including phenoxy) is 1. The van der Waals surface area contributed by atoms with Crippen LogP contribution in [0.15, 0.2) is 29.3 Å². The van der Waals surface area contributed by atoms with Crippen molar-refractivity contribution in [1.29, 1.82) is 0 Å². The molecule has 2 rings (SSSR count). The summed E-state index contributed by atoms with van der Waals surface area (Å²) < 4.78 is 5.68. The van der Waals surface area contributed by atoms with Gasteiger partial charge in [0.25, 0.3) is 0 Å². The van der Waals surface area contributed by atoms with E-state index in [4.69, 9.17) is 4.74 Å². The van der Waals surface area contributed by atoms with E-state index < -0.39 is 0 Å². The number of rotatable bonds is 9. The monoisotopic (exact) mass is 303 g/mol. The molecule has 1 aliphatic carbocycles. The van der Waals surface area contributed by atoms with Crippen molar-refractivity contribution in [3.05, 3.63) is 29.8 Å². The van der Waals surface area contributed by atoms with Gasteiger partial charge in [0.2, 0.25) is 0 Å². The van der Waals surface area contributed by atoms with E-state index in [1.54, 1.807) is 0 Å². The molecule has 0 unspecified atom stereocenters. The molecule has 122 valence electrons. The highest BCUT2D eigenvalue weighted by molar-refractivity contribution is 5.80. The van der Waals surface area contributed by atoms with Gasteiger partial charge in [-0.1, -0.05) is 25.5 Å². The van der Waals surface area contributed by atoms with Crippen molar-refractivity contribution in [2.75, 3.05) is 19.7 Å². The lowest BCUT2D eigenvalue weighted by atomic mass is 10.1. The van der Waals surface area contributed by atoms with Crippen LogP contribution in [0.3, 0.4) is 0 Å². The quantitative estimate of drug-likeness (QED) is 0.418. The van der Waals surface area contributed by atoms with Crippen LogP contribution in [0.2, 0.25) is 0 Å².